The van der Waals surface area contributed by atoms with E-state index in [1.165, 1.54) is 6.42 Å². The number of benzene rings is 1. The molecule has 1 saturated carbocycles. The molecule has 3 heterocycles. The lowest BCUT2D eigenvalue weighted by atomic mass is 9.66. The number of hydrogen-bond acceptors (Lipinski definition) is 5. The molecule has 4 fully saturated rings. The van der Waals surface area contributed by atoms with Crippen LogP contribution < -0.4 is 10.6 Å². The third-order valence-corrected chi connectivity index (χ3v) is 11.6. The van der Waals surface area contributed by atoms with E-state index in [0.29, 0.717) is 5.69 Å². The summed E-state index contributed by atoms with van der Waals surface area (Å²) in [5.41, 5.74) is 0.708. The first kappa shape index (κ1) is 26.5. The zero-order chi connectivity index (χ0) is 26.4. The smallest absolute Gasteiger partial charge is 0.244 e. The molecular formula is C29H41N3O4S. The maximum Gasteiger partial charge on any atom is 0.244 e. The summed E-state index contributed by atoms with van der Waals surface area (Å²) < 4.78 is -1.08. The molecule has 1 aromatic carbocycles. The first-order valence-corrected chi connectivity index (χ1v) is 14.9. The van der Waals surface area contributed by atoms with Crippen LogP contribution in [0.2, 0.25) is 0 Å². The van der Waals surface area contributed by atoms with Crippen molar-refractivity contribution < 1.29 is 19.5 Å². The van der Waals surface area contributed by atoms with Crippen molar-refractivity contribution in [2.45, 2.75) is 99.8 Å². The van der Waals surface area contributed by atoms with Gasteiger partial charge >= 0.3 is 0 Å². The van der Waals surface area contributed by atoms with Gasteiger partial charge in [0.15, 0.2) is 0 Å². The van der Waals surface area contributed by atoms with Crippen LogP contribution in [-0.2, 0) is 14.4 Å². The van der Waals surface area contributed by atoms with Gasteiger partial charge in [0.25, 0.3) is 0 Å². The van der Waals surface area contributed by atoms with Gasteiger partial charge < -0.3 is 20.6 Å². The number of likely N-dealkylation sites (tertiary alicyclic amines) is 1. The third kappa shape index (κ3) is 4.38. The fourth-order valence-electron chi connectivity index (χ4n) is 7.50. The van der Waals surface area contributed by atoms with Gasteiger partial charge in [0.05, 0.1) is 29.2 Å². The minimum absolute atomic E-state index is 0.0311. The molecule has 37 heavy (non-hydrogen) atoms. The summed E-state index contributed by atoms with van der Waals surface area (Å²) in [6.07, 6.45) is 7.61. The molecular weight excluding hydrogens is 486 g/mol. The lowest BCUT2D eigenvalue weighted by Crippen LogP contribution is -2.59. The van der Waals surface area contributed by atoms with Crippen LogP contribution in [0.4, 0.5) is 5.69 Å². The minimum atomic E-state index is -0.681. The largest absolute Gasteiger partial charge is 0.394 e. The standard InChI is InChI=1S/C29H41N3O4S/c1-4-18(2)21(17-33)32-24(26(35)31-20-13-9-6-10-14-20)29-16-15-28(3,37-29)22(23(29)27(32)36)25(34)30-19-11-7-5-8-12-19/h5,7-8,11-12,18,20-24,33H,4,6,9-10,13-17H2,1-3H3,(H,30,34)(H,31,35)/t18-,21-,22-,23-,24?,28+,29?/m0/s1. The molecule has 1 aromatic rings. The molecule has 0 aromatic heterocycles. The second kappa shape index (κ2) is 10.3. The van der Waals surface area contributed by atoms with Gasteiger partial charge in [-0.2, -0.15) is 0 Å². The van der Waals surface area contributed by atoms with Gasteiger partial charge in [-0.15, -0.1) is 11.8 Å². The topological polar surface area (TPSA) is 98.7 Å². The Balaban J connectivity index is 1.52. The number of carbonyl (C=O) groups excluding carboxylic acids is 3. The number of aliphatic hydroxyl groups excluding tert-OH is 1. The van der Waals surface area contributed by atoms with E-state index in [1.807, 2.05) is 44.2 Å². The van der Waals surface area contributed by atoms with Crippen LogP contribution in [0.5, 0.6) is 0 Å². The van der Waals surface area contributed by atoms with Crippen molar-refractivity contribution in [3.63, 3.8) is 0 Å². The van der Waals surface area contributed by atoms with Crippen molar-refractivity contribution in [2.24, 2.45) is 17.8 Å². The molecule has 4 aliphatic rings. The Morgan fingerprint density at radius 3 is 2.49 bits per heavy atom. The Hall–Kier alpha value is -2.06. The van der Waals surface area contributed by atoms with E-state index >= 15 is 0 Å². The number of para-hydroxylation sites is 1. The quantitative estimate of drug-likeness (QED) is 0.475. The second-order valence-corrected chi connectivity index (χ2v) is 13.7. The summed E-state index contributed by atoms with van der Waals surface area (Å²) in [4.78, 5) is 43.9. The Bertz CT molecular complexity index is 1030. The highest BCUT2D eigenvalue weighted by atomic mass is 32.2. The summed E-state index contributed by atoms with van der Waals surface area (Å²) in [6, 6.07) is 8.34. The molecule has 1 spiro atoms. The predicted molar refractivity (Wildman–Crippen MR) is 146 cm³/mol. The molecule has 1 aliphatic carbocycles. The highest BCUT2D eigenvalue weighted by Crippen LogP contribution is 2.71. The Morgan fingerprint density at radius 2 is 1.84 bits per heavy atom. The molecule has 7 atom stereocenters. The van der Waals surface area contributed by atoms with Crippen LogP contribution in [-0.4, -0.2) is 62.0 Å². The zero-order valence-electron chi connectivity index (χ0n) is 22.2. The van der Waals surface area contributed by atoms with Crippen LogP contribution in [0.3, 0.4) is 0 Å². The molecule has 202 valence electrons. The van der Waals surface area contributed by atoms with Gasteiger partial charge in [0.1, 0.15) is 6.04 Å². The SMILES string of the molecule is CC[C@H](C)[C@H](CO)N1C(=O)[C@@H]2[C@@H](C(=O)Nc3ccccc3)[C@@]3(C)CCC2(S3)C1C(=O)NC1CCCCC1. The molecule has 8 heteroatoms. The summed E-state index contributed by atoms with van der Waals surface area (Å²) >= 11 is 1.69. The summed E-state index contributed by atoms with van der Waals surface area (Å²) in [6.45, 7) is 5.97. The normalized spacial score (nSPS) is 34.8. The number of fused-ring (bicyclic) bond motifs is 1. The number of amides is 3. The lowest BCUT2D eigenvalue weighted by Gasteiger charge is -2.40. The molecule has 3 amide bonds. The average molecular weight is 528 g/mol. The number of hydrogen-bond donors (Lipinski definition) is 3. The first-order valence-electron chi connectivity index (χ1n) is 14.0. The summed E-state index contributed by atoms with van der Waals surface area (Å²) in [5.74, 6) is -1.50. The van der Waals surface area contributed by atoms with Crippen molar-refractivity contribution in [3.8, 4) is 0 Å². The van der Waals surface area contributed by atoms with E-state index in [0.717, 1.165) is 44.9 Å². The van der Waals surface area contributed by atoms with Gasteiger partial charge in [-0.25, -0.2) is 0 Å². The molecule has 5 rings (SSSR count). The number of thioether (sulfide) groups is 1. The lowest BCUT2D eigenvalue weighted by molar-refractivity contribution is -0.144. The van der Waals surface area contributed by atoms with E-state index in [4.69, 9.17) is 0 Å². The molecule has 3 saturated heterocycles. The van der Waals surface area contributed by atoms with E-state index in [-0.39, 0.29) is 36.3 Å². The van der Waals surface area contributed by atoms with Crippen LogP contribution in [0, 0.1) is 17.8 Å². The Kier molecular flexibility index (Phi) is 7.35. The summed E-state index contributed by atoms with van der Waals surface area (Å²) in [5, 5.41) is 16.8. The van der Waals surface area contributed by atoms with Gasteiger partial charge in [0, 0.05) is 16.5 Å². The average Bonchev–Trinajstić information content (AvgIpc) is 3.46. The van der Waals surface area contributed by atoms with Crippen molar-refractivity contribution in [1.82, 2.24) is 10.2 Å². The molecule has 7 nitrogen and oxygen atoms in total. The number of rotatable bonds is 8. The first-order chi connectivity index (χ1) is 17.8. The number of aliphatic hydroxyl groups is 1. The van der Waals surface area contributed by atoms with Gasteiger partial charge in [-0.05, 0) is 50.7 Å². The number of carbonyl (C=O) groups is 3. The number of anilines is 1. The maximum absolute atomic E-state index is 14.4. The van der Waals surface area contributed by atoms with Gasteiger partial charge in [-0.1, -0.05) is 57.7 Å². The minimum Gasteiger partial charge on any atom is -0.394 e. The van der Waals surface area contributed by atoms with Crippen molar-refractivity contribution in [2.75, 3.05) is 11.9 Å². The summed E-state index contributed by atoms with van der Waals surface area (Å²) in [7, 11) is 0. The van der Waals surface area contributed by atoms with Gasteiger partial charge in [0.2, 0.25) is 17.7 Å². The Morgan fingerprint density at radius 1 is 1.14 bits per heavy atom. The monoisotopic (exact) mass is 527 g/mol. The predicted octanol–water partition coefficient (Wildman–Crippen LogP) is 3.96. The molecule has 2 bridgehead atoms. The maximum atomic E-state index is 14.4. The number of nitrogens with one attached hydrogen (secondary N) is 2. The van der Waals surface area contributed by atoms with Crippen molar-refractivity contribution >= 4 is 35.2 Å². The Labute approximate surface area is 224 Å². The molecule has 3 aliphatic heterocycles. The van der Waals surface area contributed by atoms with Crippen molar-refractivity contribution in [1.29, 1.82) is 0 Å². The van der Waals surface area contributed by atoms with E-state index in [1.54, 1.807) is 16.7 Å². The van der Waals surface area contributed by atoms with Crippen LogP contribution in [0.1, 0.15) is 72.1 Å². The van der Waals surface area contributed by atoms with Crippen molar-refractivity contribution in [3.05, 3.63) is 30.3 Å². The van der Waals surface area contributed by atoms with E-state index < -0.39 is 33.4 Å². The second-order valence-electron chi connectivity index (χ2n) is 11.8. The molecule has 2 unspecified atom stereocenters. The van der Waals surface area contributed by atoms with Crippen LogP contribution in [0.15, 0.2) is 30.3 Å². The molecule has 0 radical (unpaired) electrons. The number of nitrogens with zero attached hydrogens (tertiary/aromatic N) is 1. The molecule has 3 N–H and O–H groups in total. The van der Waals surface area contributed by atoms with E-state index in [2.05, 4.69) is 17.6 Å². The van der Waals surface area contributed by atoms with Crippen LogP contribution in [0.25, 0.3) is 0 Å². The van der Waals surface area contributed by atoms with Gasteiger partial charge in [-0.3, -0.25) is 14.4 Å². The zero-order valence-corrected chi connectivity index (χ0v) is 23.1. The van der Waals surface area contributed by atoms with Crippen LogP contribution >= 0.6 is 11.8 Å². The highest BCUT2D eigenvalue weighted by molar-refractivity contribution is 8.02. The third-order valence-electron chi connectivity index (χ3n) is 9.58. The fourth-order valence-corrected chi connectivity index (χ4v) is 9.85. The van der Waals surface area contributed by atoms with E-state index in [9.17, 15) is 19.5 Å². The highest BCUT2D eigenvalue weighted by Gasteiger charge is 2.77. The fraction of sp³-hybridized carbons (Fsp3) is 0.690.